The van der Waals surface area contributed by atoms with Gasteiger partial charge in [-0.15, -0.1) is 0 Å². The van der Waals surface area contributed by atoms with Crippen molar-refractivity contribution < 1.29 is 23.9 Å². The molecule has 7 heteroatoms. The minimum atomic E-state index is -0.651. The molecule has 3 rings (SSSR count). The Morgan fingerprint density at radius 3 is 2.12 bits per heavy atom. The van der Waals surface area contributed by atoms with Gasteiger partial charge < -0.3 is 15.4 Å². The number of amides is 2. The molecule has 0 aliphatic heterocycles. The van der Waals surface area contributed by atoms with Crippen molar-refractivity contribution >= 4 is 29.3 Å². The zero-order valence-electron chi connectivity index (χ0n) is 18.8. The third-order valence-electron chi connectivity index (χ3n) is 5.11. The lowest BCUT2D eigenvalue weighted by Crippen LogP contribution is -2.28. The van der Waals surface area contributed by atoms with Crippen molar-refractivity contribution in [3.8, 4) is 0 Å². The van der Waals surface area contributed by atoms with Gasteiger partial charge in [-0.1, -0.05) is 72.8 Å². The van der Waals surface area contributed by atoms with Crippen molar-refractivity contribution in [1.29, 1.82) is 0 Å². The highest BCUT2D eigenvalue weighted by Gasteiger charge is 2.17. The van der Waals surface area contributed by atoms with Crippen LogP contribution in [-0.4, -0.2) is 30.2 Å². The summed E-state index contributed by atoms with van der Waals surface area (Å²) in [5.74, 6) is -1.75. The Bertz CT molecular complexity index is 1150. The predicted molar refractivity (Wildman–Crippen MR) is 128 cm³/mol. The Hall–Kier alpha value is -4.26. The van der Waals surface area contributed by atoms with E-state index in [9.17, 15) is 19.2 Å². The second-order valence-electron chi connectivity index (χ2n) is 7.65. The Labute approximate surface area is 198 Å². The molecular weight excluding hydrogens is 432 g/mol. The maximum Gasteiger partial charge on any atom is 0.306 e. The second kappa shape index (κ2) is 12.1. The summed E-state index contributed by atoms with van der Waals surface area (Å²) in [6, 6.07) is 24.5. The third-order valence-corrected chi connectivity index (χ3v) is 5.11. The Morgan fingerprint density at radius 2 is 1.41 bits per heavy atom. The van der Waals surface area contributed by atoms with Crippen molar-refractivity contribution in [1.82, 2.24) is 5.32 Å². The molecule has 2 N–H and O–H groups in total. The molecule has 2 amide bonds. The molecule has 0 aliphatic rings. The number of para-hydroxylation sites is 1. The lowest BCUT2D eigenvalue weighted by Gasteiger charge is -2.16. The monoisotopic (exact) mass is 458 g/mol. The Balaban J connectivity index is 1.49. The number of anilines is 1. The van der Waals surface area contributed by atoms with Crippen LogP contribution in [0.3, 0.4) is 0 Å². The number of carbonyl (C=O) groups excluding carboxylic acids is 4. The van der Waals surface area contributed by atoms with Gasteiger partial charge in [-0.25, -0.2) is 0 Å². The van der Waals surface area contributed by atoms with Crippen LogP contribution in [0.1, 0.15) is 52.1 Å². The third kappa shape index (κ3) is 7.13. The maximum atomic E-state index is 12.8. The molecule has 3 aromatic carbocycles. The number of ether oxygens (including phenoxy) is 1. The molecule has 0 heterocycles. The van der Waals surface area contributed by atoms with Gasteiger partial charge in [-0.3, -0.25) is 19.2 Å². The molecule has 174 valence electrons. The number of rotatable bonds is 10. The molecule has 1 unspecified atom stereocenters. The van der Waals surface area contributed by atoms with Crippen molar-refractivity contribution in [2.75, 3.05) is 11.9 Å². The average Bonchev–Trinajstić information content (AvgIpc) is 2.87. The van der Waals surface area contributed by atoms with E-state index in [1.807, 2.05) is 37.3 Å². The topological polar surface area (TPSA) is 102 Å². The van der Waals surface area contributed by atoms with Gasteiger partial charge in [0, 0.05) is 12.0 Å². The van der Waals surface area contributed by atoms with Crippen LogP contribution in [0.4, 0.5) is 5.69 Å². The highest BCUT2D eigenvalue weighted by molar-refractivity contribution is 6.04. The highest BCUT2D eigenvalue weighted by atomic mass is 16.5. The van der Waals surface area contributed by atoms with Crippen molar-refractivity contribution in [3.05, 3.63) is 102 Å². The van der Waals surface area contributed by atoms with Gasteiger partial charge in [-0.2, -0.15) is 0 Å². The van der Waals surface area contributed by atoms with Crippen LogP contribution < -0.4 is 10.6 Å². The molecule has 0 bridgehead atoms. The molecular formula is C27H26N2O5. The standard InChI is InChI=1S/C27H26N2O5/c1-19(20-10-4-2-5-11-20)28-27(33)22-14-8-9-15-23(22)29-25(31)18-34-26(32)17-16-24(30)21-12-6-3-7-13-21/h2-15,19H,16-18H2,1H3,(H,28,33)(H,29,31). The van der Waals surface area contributed by atoms with Crippen LogP contribution in [0.5, 0.6) is 0 Å². The van der Waals surface area contributed by atoms with Gasteiger partial charge in [0.1, 0.15) is 0 Å². The van der Waals surface area contributed by atoms with Crippen LogP contribution in [0.25, 0.3) is 0 Å². The lowest BCUT2D eigenvalue weighted by molar-refractivity contribution is -0.147. The average molecular weight is 459 g/mol. The number of esters is 1. The molecule has 0 fully saturated rings. The fraction of sp³-hybridized carbons (Fsp3) is 0.185. The summed E-state index contributed by atoms with van der Waals surface area (Å²) < 4.78 is 4.98. The fourth-order valence-electron chi connectivity index (χ4n) is 3.28. The Morgan fingerprint density at radius 1 is 0.794 bits per heavy atom. The van der Waals surface area contributed by atoms with E-state index in [0.29, 0.717) is 16.8 Å². The van der Waals surface area contributed by atoms with E-state index in [2.05, 4.69) is 10.6 Å². The van der Waals surface area contributed by atoms with Gasteiger partial charge in [-0.05, 0) is 24.6 Å². The minimum Gasteiger partial charge on any atom is -0.456 e. The van der Waals surface area contributed by atoms with Gasteiger partial charge in [0.2, 0.25) is 0 Å². The zero-order valence-corrected chi connectivity index (χ0v) is 18.8. The first-order valence-corrected chi connectivity index (χ1v) is 10.9. The molecule has 0 aliphatic carbocycles. The normalized spacial score (nSPS) is 11.2. The molecule has 0 saturated carbocycles. The molecule has 7 nitrogen and oxygen atoms in total. The first-order valence-electron chi connectivity index (χ1n) is 10.9. The summed E-state index contributed by atoms with van der Waals surface area (Å²) in [6.07, 6.45) is -0.134. The van der Waals surface area contributed by atoms with E-state index in [4.69, 9.17) is 4.74 Å². The van der Waals surface area contributed by atoms with Crippen LogP contribution in [0.2, 0.25) is 0 Å². The van der Waals surface area contributed by atoms with Crippen LogP contribution >= 0.6 is 0 Å². The summed E-state index contributed by atoms with van der Waals surface area (Å²) in [5, 5.41) is 5.52. The van der Waals surface area contributed by atoms with E-state index >= 15 is 0 Å². The maximum absolute atomic E-state index is 12.8. The smallest absolute Gasteiger partial charge is 0.306 e. The van der Waals surface area contributed by atoms with Crippen molar-refractivity contribution in [2.45, 2.75) is 25.8 Å². The van der Waals surface area contributed by atoms with Crippen LogP contribution in [0.15, 0.2) is 84.9 Å². The quantitative estimate of drug-likeness (QED) is 0.348. The number of hydrogen-bond donors (Lipinski definition) is 2. The van der Waals surface area contributed by atoms with E-state index < -0.39 is 18.5 Å². The lowest BCUT2D eigenvalue weighted by atomic mass is 10.1. The van der Waals surface area contributed by atoms with Crippen LogP contribution in [0, 0.1) is 0 Å². The molecule has 3 aromatic rings. The van der Waals surface area contributed by atoms with Gasteiger partial charge in [0.05, 0.1) is 23.7 Å². The minimum absolute atomic E-state index is 0.00688. The summed E-state index contributed by atoms with van der Waals surface area (Å²) in [6.45, 7) is 1.35. The SMILES string of the molecule is CC(NC(=O)c1ccccc1NC(=O)COC(=O)CCC(=O)c1ccccc1)c1ccccc1. The van der Waals surface area contributed by atoms with E-state index in [0.717, 1.165) is 5.56 Å². The molecule has 1 atom stereocenters. The number of ketones is 1. The van der Waals surface area contributed by atoms with Gasteiger partial charge in [0.25, 0.3) is 11.8 Å². The Kier molecular flexibility index (Phi) is 8.68. The fourth-order valence-corrected chi connectivity index (χ4v) is 3.28. The predicted octanol–water partition coefficient (Wildman–Crippen LogP) is 4.32. The summed E-state index contributed by atoms with van der Waals surface area (Å²) in [4.78, 5) is 49.1. The van der Waals surface area contributed by atoms with E-state index in [1.54, 1.807) is 54.6 Å². The van der Waals surface area contributed by atoms with E-state index in [-0.39, 0.29) is 30.6 Å². The highest BCUT2D eigenvalue weighted by Crippen LogP contribution is 2.18. The van der Waals surface area contributed by atoms with E-state index in [1.165, 1.54) is 0 Å². The van der Waals surface area contributed by atoms with Gasteiger partial charge >= 0.3 is 5.97 Å². The zero-order chi connectivity index (χ0) is 24.3. The molecule has 0 aromatic heterocycles. The van der Waals surface area contributed by atoms with Crippen molar-refractivity contribution in [2.24, 2.45) is 0 Å². The summed E-state index contributed by atoms with van der Waals surface area (Å²) in [7, 11) is 0. The largest absolute Gasteiger partial charge is 0.456 e. The molecule has 0 spiro atoms. The second-order valence-corrected chi connectivity index (χ2v) is 7.65. The van der Waals surface area contributed by atoms with Crippen molar-refractivity contribution in [3.63, 3.8) is 0 Å². The number of nitrogens with one attached hydrogen (secondary N) is 2. The number of benzene rings is 3. The number of Topliss-reactive ketones (excluding diaryl/α,β-unsaturated/α-hetero) is 1. The van der Waals surface area contributed by atoms with Crippen LogP contribution in [-0.2, 0) is 14.3 Å². The first kappa shape index (κ1) is 24.4. The summed E-state index contributed by atoms with van der Waals surface area (Å²) in [5.41, 5.74) is 2.07. The number of carbonyl (C=O) groups is 4. The summed E-state index contributed by atoms with van der Waals surface area (Å²) >= 11 is 0. The molecule has 0 saturated heterocycles. The van der Waals surface area contributed by atoms with Gasteiger partial charge in [0.15, 0.2) is 12.4 Å². The molecule has 34 heavy (non-hydrogen) atoms. The molecule has 0 radical (unpaired) electrons. The number of hydrogen-bond acceptors (Lipinski definition) is 5. The first-order chi connectivity index (χ1) is 16.4.